The van der Waals surface area contributed by atoms with Crippen LogP contribution in [0.5, 0.6) is 0 Å². The number of piperidine rings is 1. The van der Waals surface area contributed by atoms with E-state index in [1.165, 1.54) is 4.31 Å². The number of hydrogen-bond acceptors (Lipinski definition) is 3. The fourth-order valence-electron chi connectivity index (χ4n) is 1.13. The lowest BCUT2D eigenvalue weighted by Gasteiger charge is -2.27. The van der Waals surface area contributed by atoms with Crippen LogP contribution in [-0.2, 0) is 10.2 Å². The van der Waals surface area contributed by atoms with E-state index in [2.05, 4.69) is 0 Å². The van der Waals surface area contributed by atoms with Crippen molar-refractivity contribution in [2.45, 2.75) is 18.9 Å². The molecule has 1 aliphatic heterocycles. The molecule has 0 amide bonds. The first-order valence-corrected chi connectivity index (χ1v) is 5.04. The largest absolute Gasteiger partial charge is 0.328 e. The van der Waals surface area contributed by atoms with Crippen molar-refractivity contribution < 1.29 is 8.42 Å². The van der Waals surface area contributed by atoms with Crippen molar-refractivity contribution in [2.24, 2.45) is 10.9 Å². The Morgan fingerprint density at radius 2 is 1.67 bits per heavy atom. The van der Waals surface area contributed by atoms with Gasteiger partial charge in [-0.1, -0.05) is 0 Å². The van der Waals surface area contributed by atoms with Gasteiger partial charge in [0.15, 0.2) is 0 Å². The molecule has 0 aromatic heterocycles. The van der Waals surface area contributed by atoms with Crippen LogP contribution in [0.15, 0.2) is 0 Å². The molecule has 0 spiro atoms. The van der Waals surface area contributed by atoms with E-state index in [9.17, 15) is 8.42 Å². The Labute approximate surface area is 78.7 Å². The van der Waals surface area contributed by atoms with E-state index in [1.54, 1.807) is 0 Å². The minimum absolute atomic E-state index is 0. The van der Waals surface area contributed by atoms with Crippen molar-refractivity contribution in [1.82, 2.24) is 4.31 Å². The van der Waals surface area contributed by atoms with Gasteiger partial charge in [0, 0.05) is 19.1 Å². The van der Waals surface area contributed by atoms with Gasteiger partial charge in [0.2, 0.25) is 0 Å². The monoisotopic (exact) mass is 215 g/mol. The van der Waals surface area contributed by atoms with Gasteiger partial charge in [0.05, 0.1) is 0 Å². The third-order valence-corrected chi connectivity index (χ3v) is 2.94. The van der Waals surface area contributed by atoms with Crippen LogP contribution in [-0.4, -0.2) is 31.9 Å². The summed E-state index contributed by atoms with van der Waals surface area (Å²) in [4.78, 5) is 0. The molecular formula is C5H14ClN3O2S. The molecule has 0 radical (unpaired) electrons. The topological polar surface area (TPSA) is 89.4 Å². The molecule has 0 bridgehead atoms. The summed E-state index contributed by atoms with van der Waals surface area (Å²) in [6.07, 6.45) is 1.41. The fourth-order valence-corrected chi connectivity index (χ4v) is 1.85. The summed E-state index contributed by atoms with van der Waals surface area (Å²) in [6.45, 7) is 0.917. The zero-order valence-corrected chi connectivity index (χ0v) is 8.27. The molecule has 1 saturated heterocycles. The highest BCUT2D eigenvalue weighted by molar-refractivity contribution is 7.86. The zero-order valence-electron chi connectivity index (χ0n) is 6.64. The van der Waals surface area contributed by atoms with E-state index in [0.29, 0.717) is 25.9 Å². The Kier molecular flexibility index (Phi) is 4.43. The number of halogens is 1. The van der Waals surface area contributed by atoms with Crippen LogP contribution in [0.25, 0.3) is 0 Å². The Balaban J connectivity index is 0.00000121. The van der Waals surface area contributed by atoms with Crippen molar-refractivity contribution >= 4 is 22.6 Å². The molecule has 0 aliphatic carbocycles. The number of nitrogens with zero attached hydrogens (tertiary/aromatic N) is 1. The Morgan fingerprint density at radius 1 is 1.25 bits per heavy atom. The van der Waals surface area contributed by atoms with E-state index in [0.717, 1.165) is 0 Å². The molecule has 1 heterocycles. The Morgan fingerprint density at radius 3 is 2.00 bits per heavy atom. The molecule has 0 aromatic carbocycles. The molecule has 5 nitrogen and oxygen atoms in total. The van der Waals surface area contributed by atoms with Crippen LogP contribution in [0.1, 0.15) is 12.8 Å². The van der Waals surface area contributed by atoms with E-state index < -0.39 is 10.2 Å². The second-order valence-electron chi connectivity index (χ2n) is 2.78. The molecule has 7 heteroatoms. The molecule has 1 fully saturated rings. The maximum absolute atomic E-state index is 10.8. The predicted octanol–water partition coefficient (Wildman–Crippen LogP) is -0.965. The first-order valence-electron chi connectivity index (χ1n) is 3.53. The lowest BCUT2D eigenvalue weighted by atomic mass is 10.1. The van der Waals surface area contributed by atoms with Crippen molar-refractivity contribution in [2.75, 3.05) is 13.1 Å². The van der Waals surface area contributed by atoms with E-state index in [4.69, 9.17) is 10.9 Å². The zero-order chi connectivity index (χ0) is 8.48. The van der Waals surface area contributed by atoms with Crippen LogP contribution >= 0.6 is 12.4 Å². The summed E-state index contributed by atoms with van der Waals surface area (Å²) in [5.74, 6) is 0. The van der Waals surface area contributed by atoms with Gasteiger partial charge < -0.3 is 5.73 Å². The lowest BCUT2D eigenvalue weighted by molar-refractivity contribution is 0.320. The normalized spacial score (nSPS) is 21.8. The van der Waals surface area contributed by atoms with Crippen molar-refractivity contribution in [1.29, 1.82) is 0 Å². The third kappa shape index (κ3) is 3.24. The van der Waals surface area contributed by atoms with Crippen molar-refractivity contribution in [3.05, 3.63) is 0 Å². The van der Waals surface area contributed by atoms with Crippen LogP contribution in [0, 0.1) is 0 Å². The highest BCUT2D eigenvalue weighted by Gasteiger charge is 2.22. The first kappa shape index (κ1) is 12.1. The van der Waals surface area contributed by atoms with Crippen LogP contribution in [0.3, 0.4) is 0 Å². The summed E-state index contributed by atoms with van der Waals surface area (Å²) in [5, 5.41) is 4.91. The quantitative estimate of drug-likeness (QED) is 0.590. The van der Waals surface area contributed by atoms with Gasteiger partial charge >= 0.3 is 0 Å². The van der Waals surface area contributed by atoms with Gasteiger partial charge in [-0.25, -0.2) is 5.14 Å². The van der Waals surface area contributed by atoms with Gasteiger partial charge in [0.25, 0.3) is 10.2 Å². The smallest absolute Gasteiger partial charge is 0.276 e. The van der Waals surface area contributed by atoms with E-state index >= 15 is 0 Å². The average Bonchev–Trinajstić information content (AvgIpc) is 1.86. The summed E-state index contributed by atoms with van der Waals surface area (Å²) >= 11 is 0. The average molecular weight is 216 g/mol. The van der Waals surface area contributed by atoms with Gasteiger partial charge in [-0.05, 0) is 12.8 Å². The van der Waals surface area contributed by atoms with Crippen molar-refractivity contribution in [3.63, 3.8) is 0 Å². The molecule has 0 atom stereocenters. The summed E-state index contributed by atoms with van der Waals surface area (Å²) in [5.41, 5.74) is 5.58. The molecule has 4 N–H and O–H groups in total. The van der Waals surface area contributed by atoms with Gasteiger partial charge in [0.1, 0.15) is 0 Å². The summed E-state index contributed by atoms with van der Waals surface area (Å²) in [6, 6.07) is 0.132. The van der Waals surface area contributed by atoms with E-state index in [1.807, 2.05) is 0 Å². The maximum Gasteiger partial charge on any atom is 0.276 e. The molecule has 0 aromatic rings. The second-order valence-corrected chi connectivity index (χ2v) is 4.33. The Hall–Kier alpha value is 0.120. The van der Waals surface area contributed by atoms with Gasteiger partial charge in [-0.15, -0.1) is 12.4 Å². The molecule has 1 aliphatic rings. The number of nitrogens with two attached hydrogens (primary N) is 2. The predicted molar refractivity (Wildman–Crippen MR) is 49.1 cm³/mol. The highest BCUT2D eigenvalue weighted by atomic mass is 35.5. The van der Waals surface area contributed by atoms with Crippen LogP contribution in [0.4, 0.5) is 0 Å². The molecule has 0 saturated carbocycles. The molecule has 12 heavy (non-hydrogen) atoms. The van der Waals surface area contributed by atoms with Gasteiger partial charge in [-0.3, -0.25) is 0 Å². The molecule has 74 valence electrons. The summed E-state index contributed by atoms with van der Waals surface area (Å²) in [7, 11) is -3.47. The van der Waals surface area contributed by atoms with Gasteiger partial charge in [-0.2, -0.15) is 12.7 Å². The third-order valence-electron chi connectivity index (χ3n) is 1.86. The fraction of sp³-hybridized carbons (Fsp3) is 1.00. The van der Waals surface area contributed by atoms with E-state index in [-0.39, 0.29) is 18.4 Å². The molecule has 0 unspecified atom stereocenters. The number of rotatable bonds is 1. The Bertz CT molecular complexity index is 223. The number of hydrogen-bond donors (Lipinski definition) is 2. The van der Waals surface area contributed by atoms with Crippen LogP contribution < -0.4 is 10.9 Å². The highest BCUT2D eigenvalue weighted by Crippen LogP contribution is 2.09. The minimum atomic E-state index is -3.47. The second kappa shape index (κ2) is 4.38. The SMILES string of the molecule is Cl.NC1CCN(S(N)(=O)=O)CC1. The molecule has 1 rings (SSSR count). The van der Waals surface area contributed by atoms with Crippen LogP contribution in [0.2, 0.25) is 0 Å². The minimum Gasteiger partial charge on any atom is -0.328 e. The first-order chi connectivity index (χ1) is 5.00. The molecular weight excluding hydrogens is 202 g/mol. The standard InChI is InChI=1S/C5H13N3O2S.ClH/c6-5-1-3-8(4-2-5)11(7,9)10;/h5H,1-4,6H2,(H2,7,9,10);1H. The lowest BCUT2D eigenvalue weighted by Crippen LogP contribution is -2.45. The van der Waals surface area contributed by atoms with Crippen molar-refractivity contribution in [3.8, 4) is 0 Å². The maximum atomic E-state index is 10.8. The summed E-state index contributed by atoms with van der Waals surface area (Å²) < 4.78 is 22.8.